The average molecular weight is 552 g/mol. The fourth-order valence-electron chi connectivity index (χ4n) is 4.86. The third kappa shape index (κ3) is 4.30. The topological polar surface area (TPSA) is 90.2 Å². The van der Waals surface area contributed by atoms with Crippen LogP contribution in [0.25, 0.3) is 5.57 Å². The number of methoxy groups -OCH3 is 1. The molecular weight excluding hydrogens is 526 g/mol. The molecule has 1 amide bonds. The zero-order valence-electron chi connectivity index (χ0n) is 21.2. The lowest BCUT2D eigenvalue weighted by Gasteiger charge is -2.25. The van der Waals surface area contributed by atoms with E-state index in [4.69, 9.17) is 21.1 Å². The van der Waals surface area contributed by atoms with Crippen molar-refractivity contribution in [2.75, 3.05) is 31.8 Å². The number of fused-ring (bicyclic) bond motifs is 2. The van der Waals surface area contributed by atoms with Crippen molar-refractivity contribution in [2.45, 2.75) is 26.3 Å². The van der Waals surface area contributed by atoms with E-state index < -0.39 is 17.6 Å². The van der Waals surface area contributed by atoms with Gasteiger partial charge in [0.2, 0.25) is 0 Å². The van der Waals surface area contributed by atoms with E-state index in [0.717, 1.165) is 23.4 Å². The van der Waals surface area contributed by atoms with Gasteiger partial charge in [-0.05, 0) is 31.0 Å². The molecular formula is C28H26ClN3O5S. The highest BCUT2D eigenvalue weighted by Crippen LogP contribution is 2.36. The molecule has 8 nitrogen and oxygen atoms in total. The number of hydrogen-bond donors (Lipinski definition) is 0. The summed E-state index contributed by atoms with van der Waals surface area (Å²) in [6.45, 7) is 4.52. The lowest BCUT2D eigenvalue weighted by atomic mass is 9.96. The lowest BCUT2D eigenvalue weighted by Crippen LogP contribution is -2.41. The summed E-state index contributed by atoms with van der Waals surface area (Å²) in [5, 5.41) is 0.393. The van der Waals surface area contributed by atoms with Gasteiger partial charge in [-0.25, -0.2) is 9.79 Å². The van der Waals surface area contributed by atoms with E-state index >= 15 is 0 Å². The van der Waals surface area contributed by atoms with Crippen LogP contribution in [-0.2, 0) is 19.1 Å². The van der Waals surface area contributed by atoms with Gasteiger partial charge in [-0.2, -0.15) is 0 Å². The maximum Gasteiger partial charge on any atom is 0.338 e. The van der Waals surface area contributed by atoms with Crippen molar-refractivity contribution in [2.24, 2.45) is 4.99 Å². The SMILES string of the molecule is CCCN1C(=O)C(=c2sc3n(c2=O)C(c2ccccc2Cl)C(C(=O)OCCOC)=C(C)N=3)c2ccccc21. The molecule has 1 unspecified atom stereocenters. The fraction of sp³-hybridized carbons (Fsp3) is 0.286. The van der Waals surface area contributed by atoms with Gasteiger partial charge in [0, 0.05) is 24.2 Å². The molecule has 0 saturated carbocycles. The Hall–Kier alpha value is -3.53. The van der Waals surface area contributed by atoms with Gasteiger partial charge in [-0.15, -0.1) is 0 Å². The van der Waals surface area contributed by atoms with Crippen molar-refractivity contribution in [1.82, 2.24) is 4.57 Å². The van der Waals surface area contributed by atoms with E-state index in [2.05, 4.69) is 4.99 Å². The number of nitrogens with zero attached hydrogens (tertiary/aromatic N) is 3. The first kappa shape index (κ1) is 26.1. The molecule has 196 valence electrons. The highest BCUT2D eigenvalue weighted by atomic mass is 35.5. The van der Waals surface area contributed by atoms with Gasteiger partial charge in [-0.3, -0.25) is 14.2 Å². The molecule has 3 heterocycles. The van der Waals surface area contributed by atoms with E-state index in [1.165, 1.54) is 11.7 Å². The molecule has 3 aromatic rings. The fourth-order valence-corrected chi connectivity index (χ4v) is 6.24. The van der Waals surface area contributed by atoms with Gasteiger partial charge in [-0.1, -0.05) is 66.3 Å². The number of thiazole rings is 1. The summed E-state index contributed by atoms with van der Waals surface area (Å²) in [4.78, 5) is 47.7. The summed E-state index contributed by atoms with van der Waals surface area (Å²) in [6, 6.07) is 13.6. The van der Waals surface area contributed by atoms with Crippen LogP contribution in [0.15, 0.2) is 69.6 Å². The van der Waals surface area contributed by atoms with Crippen LogP contribution in [0, 0.1) is 0 Å². The quantitative estimate of drug-likeness (QED) is 0.332. The maximum atomic E-state index is 14.1. The minimum absolute atomic E-state index is 0.0501. The predicted molar refractivity (Wildman–Crippen MR) is 146 cm³/mol. The highest BCUT2D eigenvalue weighted by molar-refractivity contribution is 7.07. The van der Waals surface area contributed by atoms with Crippen molar-refractivity contribution in [3.05, 3.63) is 95.6 Å². The standard InChI is InChI=1S/C28H26ClN3O5S/c1-4-13-31-20-12-8-6-10-18(20)22(25(31)33)24-26(34)32-23(17-9-5-7-11-19(17)29)21(16(2)30-28(32)38-24)27(35)37-15-14-36-3/h5-12,23H,4,13-15H2,1-3H3. The second-order valence-electron chi connectivity index (χ2n) is 8.90. The Kier molecular flexibility index (Phi) is 7.34. The van der Waals surface area contributed by atoms with Gasteiger partial charge in [0.05, 0.1) is 29.1 Å². The molecule has 10 heteroatoms. The van der Waals surface area contributed by atoms with Gasteiger partial charge >= 0.3 is 5.97 Å². The Morgan fingerprint density at radius 1 is 1.11 bits per heavy atom. The second-order valence-corrected chi connectivity index (χ2v) is 10.3. The number of amides is 1. The number of halogens is 1. The molecule has 38 heavy (non-hydrogen) atoms. The van der Waals surface area contributed by atoms with Crippen molar-refractivity contribution >= 4 is 46.1 Å². The number of carbonyl (C=O) groups excluding carboxylic acids is 2. The Labute approximate surface area is 228 Å². The Bertz CT molecular complexity index is 1650. The maximum absolute atomic E-state index is 14.1. The zero-order valence-corrected chi connectivity index (χ0v) is 22.8. The van der Waals surface area contributed by atoms with Crippen molar-refractivity contribution in [3.8, 4) is 0 Å². The number of anilines is 1. The molecule has 1 aromatic heterocycles. The molecule has 5 rings (SSSR count). The normalized spacial score (nSPS) is 17.8. The molecule has 2 aliphatic rings. The van der Waals surface area contributed by atoms with Crippen LogP contribution in [0.4, 0.5) is 5.69 Å². The van der Waals surface area contributed by atoms with Crippen molar-refractivity contribution in [3.63, 3.8) is 0 Å². The number of allylic oxidation sites excluding steroid dienone is 1. The summed E-state index contributed by atoms with van der Waals surface area (Å²) >= 11 is 7.74. The summed E-state index contributed by atoms with van der Waals surface area (Å²) in [5.74, 6) is -0.829. The Balaban J connectivity index is 1.77. The average Bonchev–Trinajstić information content (AvgIpc) is 3.36. The van der Waals surface area contributed by atoms with Crippen molar-refractivity contribution < 1.29 is 19.1 Å². The number of ether oxygens (including phenoxy) is 2. The number of rotatable bonds is 7. The molecule has 0 radical (unpaired) electrons. The number of esters is 1. The minimum Gasteiger partial charge on any atom is -0.460 e. The third-order valence-corrected chi connectivity index (χ3v) is 7.93. The number of aromatic nitrogens is 1. The summed E-state index contributed by atoms with van der Waals surface area (Å²) in [7, 11) is 1.52. The molecule has 0 spiro atoms. The molecule has 0 bridgehead atoms. The zero-order chi connectivity index (χ0) is 27.0. The summed E-state index contributed by atoms with van der Waals surface area (Å²) < 4.78 is 12.2. The minimum atomic E-state index is -0.872. The van der Waals surface area contributed by atoms with Crippen LogP contribution in [0.5, 0.6) is 0 Å². The van der Waals surface area contributed by atoms with Crippen LogP contribution in [-0.4, -0.2) is 43.3 Å². The first-order valence-electron chi connectivity index (χ1n) is 12.3. The number of hydrogen-bond acceptors (Lipinski definition) is 7. The molecule has 2 aromatic carbocycles. The molecule has 0 aliphatic carbocycles. The van der Waals surface area contributed by atoms with Gasteiger partial charge < -0.3 is 14.4 Å². The van der Waals surface area contributed by atoms with E-state index in [1.807, 2.05) is 31.2 Å². The van der Waals surface area contributed by atoms with Crippen molar-refractivity contribution in [1.29, 1.82) is 0 Å². The van der Waals surface area contributed by atoms with Crippen LogP contribution in [0.1, 0.15) is 37.4 Å². The number of carbonyl (C=O) groups is 2. The van der Waals surface area contributed by atoms with Gasteiger partial charge in [0.25, 0.3) is 11.5 Å². The van der Waals surface area contributed by atoms with Crippen LogP contribution >= 0.6 is 22.9 Å². The molecule has 0 N–H and O–H groups in total. The van der Waals surface area contributed by atoms with E-state index in [1.54, 1.807) is 36.1 Å². The lowest BCUT2D eigenvalue weighted by molar-refractivity contribution is -0.140. The molecule has 2 aliphatic heterocycles. The van der Waals surface area contributed by atoms with E-state index in [0.29, 0.717) is 38.8 Å². The van der Waals surface area contributed by atoms with Crippen LogP contribution in [0.2, 0.25) is 5.02 Å². The first-order chi connectivity index (χ1) is 18.4. The van der Waals surface area contributed by atoms with Crippen LogP contribution in [0.3, 0.4) is 0 Å². The smallest absolute Gasteiger partial charge is 0.338 e. The summed E-state index contributed by atoms with van der Waals surface area (Å²) in [5.41, 5.74) is 2.61. The van der Waals surface area contributed by atoms with Gasteiger partial charge in [0.15, 0.2) is 4.80 Å². The molecule has 0 fully saturated rings. The predicted octanol–water partition coefficient (Wildman–Crippen LogP) is 3.21. The largest absolute Gasteiger partial charge is 0.460 e. The van der Waals surface area contributed by atoms with E-state index in [-0.39, 0.29) is 29.2 Å². The number of benzene rings is 2. The van der Waals surface area contributed by atoms with Crippen LogP contribution < -0.4 is 19.8 Å². The second kappa shape index (κ2) is 10.7. The highest BCUT2D eigenvalue weighted by Gasteiger charge is 2.37. The third-order valence-electron chi connectivity index (χ3n) is 6.54. The Morgan fingerprint density at radius 2 is 1.84 bits per heavy atom. The monoisotopic (exact) mass is 551 g/mol. The molecule has 1 atom stereocenters. The van der Waals surface area contributed by atoms with Gasteiger partial charge in [0.1, 0.15) is 17.2 Å². The first-order valence-corrected chi connectivity index (χ1v) is 13.4. The summed E-state index contributed by atoms with van der Waals surface area (Å²) in [6.07, 6.45) is 0.773. The number of para-hydroxylation sites is 1. The molecule has 0 saturated heterocycles. The van der Waals surface area contributed by atoms with E-state index in [9.17, 15) is 14.4 Å². The Morgan fingerprint density at radius 3 is 2.58 bits per heavy atom.